The highest BCUT2D eigenvalue weighted by atomic mass is 16.5. The van der Waals surface area contributed by atoms with Crippen molar-refractivity contribution in [1.29, 1.82) is 5.26 Å². The summed E-state index contributed by atoms with van der Waals surface area (Å²) in [4.78, 5) is 2.28. The summed E-state index contributed by atoms with van der Waals surface area (Å²) < 4.78 is 5.88. The molecule has 0 amide bonds. The van der Waals surface area contributed by atoms with E-state index in [0.29, 0.717) is 17.0 Å². The fraction of sp³-hybridized carbons (Fsp3) is 0.462. The second-order valence-corrected chi connectivity index (χ2v) is 4.49. The Morgan fingerprint density at radius 1 is 1.41 bits per heavy atom. The van der Waals surface area contributed by atoms with Crippen molar-refractivity contribution < 1.29 is 4.74 Å². The van der Waals surface area contributed by atoms with Gasteiger partial charge in [0.25, 0.3) is 0 Å². The molecule has 0 spiro atoms. The average Bonchev–Trinajstić information content (AvgIpc) is 2.32. The molecule has 1 saturated heterocycles. The summed E-state index contributed by atoms with van der Waals surface area (Å²) in [6, 6.07) is 7.29. The van der Waals surface area contributed by atoms with Crippen molar-refractivity contribution in [3.05, 3.63) is 23.8 Å². The van der Waals surface area contributed by atoms with E-state index in [-0.39, 0.29) is 6.10 Å². The number of nitrogen functional groups attached to an aromatic ring is 1. The van der Waals surface area contributed by atoms with Crippen LogP contribution in [-0.4, -0.2) is 31.1 Å². The molecule has 17 heavy (non-hydrogen) atoms. The summed E-state index contributed by atoms with van der Waals surface area (Å²) in [5.74, 6) is 0.613. The van der Waals surface area contributed by atoms with Gasteiger partial charge in [0.05, 0.1) is 5.56 Å². The highest BCUT2D eigenvalue weighted by molar-refractivity contribution is 5.53. The van der Waals surface area contributed by atoms with E-state index >= 15 is 0 Å². The highest BCUT2D eigenvalue weighted by Gasteiger charge is 2.19. The lowest BCUT2D eigenvalue weighted by atomic mass is 10.1. The quantitative estimate of drug-likeness (QED) is 0.785. The van der Waals surface area contributed by atoms with Crippen molar-refractivity contribution in [2.75, 3.05) is 25.9 Å². The van der Waals surface area contributed by atoms with E-state index in [1.165, 1.54) is 0 Å². The predicted octanol–water partition coefficient (Wildman–Crippen LogP) is 1.61. The standard InChI is InChI=1S/C13H17N3O/c1-16-6-4-12(5-7-16)17-13-8-11(15)3-2-10(13)9-14/h2-3,8,12H,4-7,15H2,1H3. The molecule has 1 aromatic rings. The molecule has 0 radical (unpaired) electrons. The van der Waals surface area contributed by atoms with Gasteiger partial charge in [-0.15, -0.1) is 0 Å². The maximum atomic E-state index is 9.00. The number of likely N-dealkylation sites (tertiary alicyclic amines) is 1. The van der Waals surface area contributed by atoms with Gasteiger partial charge in [0.2, 0.25) is 0 Å². The highest BCUT2D eigenvalue weighted by Crippen LogP contribution is 2.24. The summed E-state index contributed by atoms with van der Waals surface area (Å²) in [6.07, 6.45) is 2.19. The van der Waals surface area contributed by atoms with Crippen LogP contribution in [-0.2, 0) is 0 Å². The predicted molar refractivity (Wildman–Crippen MR) is 66.7 cm³/mol. The van der Waals surface area contributed by atoms with E-state index in [9.17, 15) is 0 Å². The van der Waals surface area contributed by atoms with Crippen molar-refractivity contribution in [3.8, 4) is 11.8 Å². The molecule has 1 fully saturated rings. The first-order valence-corrected chi connectivity index (χ1v) is 5.84. The molecule has 2 rings (SSSR count). The molecular weight excluding hydrogens is 214 g/mol. The average molecular weight is 231 g/mol. The Hall–Kier alpha value is -1.73. The number of anilines is 1. The topological polar surface area (TPSA) is 62.3 Å². The lowest BCUT2D eigenvalue weighted by Gasteiger charge is -2.29. The van der Waals surface area contributed by atoms with Crippen LogP contribution in [0.2, 0.25) is 0 Å². The molecule has 1 aliphatic heterocycles. The smallest absolute Gasteiger partial charge is 0.139 e. The molecule has 4 nitrogen and oxygen atoms in total. The molecule has 4 heteroatoms. The first-order chi connectivity index (χ1) is 8.19. The Kier molecular flexibility index (Phi) is 3.50. The minimum absolute atomic E-state index is 0.195. The van der Waals surface area contributed by atoms with Gasteiger partial charge in [0.1, 0.15) is 17.9 Å². The third-order valence-corrected chi connectivity index (χ3v) is 3.09. The number of rotatable bonds is 2. The number of nitrogens with two attached hydrogens (primary N) is 1. The van der Waals surface area contributed by atoms with Crippen LogP contribution in [0.5, 0.6) is 5.75 Å². The van der Waals surface area contributed by atoms with E-state index in [2.05, 4.69) is 18.0 Å². The SMILES string of the molecule is CN1CCC(Oc2cc(N)ccc2C#N)CC1. The second kappa shape index (κ2) is 5.07. The van der Waals surface area contributed by atoms with E-state index in [0.717, 1.165) is 25.9 Å². The number of nitriles is 1. The van der Waals surface area contributed by atoms with Gasteiger partial charge >= 0.3 is 0 Å². The molecule has 0 saturated carbocycles. The zero-order valence-corrected chi connectivity index (χ0v) is 10.0. The van der Waals surface area contributed by atoms with E-state index in [1.54, 1.807) is 18.2 Å². The zero-order chi connectivity index (χ0) is 12.3. The maximum absolute atomic E-state index is 9.00. The van der Waals surface area contributed by atoms with Crippen LogP contribution in [0.4, 0.5) is 5.69 Å². The summed E-state index contributed by atoms with van der Waals surface area (Å²) in [6.45, 7) is 2.07. The lowest BCUT2D eigenvalue weighted by Crippen LogP contribution is -2.35. The molecule has 1 aliphatic rings. The molecule has 90 valence electrons. The number of piperidine rings is 1. The van der Waals surface area contributed by atoms with Crippen LogP contribution in [0.25, 0.3) is 0 Å². The van der Waals surface area contributed by atoms with E-state index in [1.807, 2.05) is 0 Å². The number of ether oxygens (including phenoxy) is 1. The fourth-order valence-electron chi connectivity index (χ4n) is 2.01. The third kappa shape index (κ3) is 2.89. The van der Waals surface area contributed by atoms with Gasteiger partial charge < -0.3 is 15.4 Å². The monoisotopic (exact) mass is 231 g/mol. The zero-order valence-electron chi connectivity index (χ0n) is 10.0. The summed E-state index contributed by atoms with van der Waals surface area (Å²) >= 11 is 0. The Labute approximate surface area is 102 Å². The molecule has 1 aromatic carbocycles. The number of hydrogen-bond acceptors (Lipinski definition) is 4. The molecule has 2 N–H and O–H groups in total. The molecule has 0 aliphatic carbocycles. The van der Waals surface area contributed by atoms with Gasteiger partial charge in [0, 0.05) is 24.8 Å². The molecule has 0 bridgehead atoms. The molecule has 0 aromatic heterocycles. The van der Waals surface area contributed by atoms with Crippen molar-refractivity contribution in [2.24, 2.45) is 0 Å². The minimum Gasteiger partial charge on any atom is -0.489 e. The van der Waals surface area contributed by atoms with Crippen molar-refractivity contribution in [1.82, 2.24) is 4.90 Å². The van der Waals surface area contributed by atoms with Crippen LogP contribution in [0.3, 0.4) is 0 Å². The summed E-state index contributed by atoms with van der Waals surface area (Å²) in [7, 11) is 2.11. The maximum Gasteiger partial charge on any atom is 0.139 e. The Morgan fingerprint density at radius 2 is 2.12 bits per heavy atom. The summed E-state index contributed by atoms with van der Waals surface area (Å²) in [5, 5.41) is 9.00. The van der Waals surface area contributed by atoms with Gasteiger partial charge in [-0.1, -0.05) is 0 Å². The Balaban J connectivity index is 2.08. The fourth-order valence-corrected chi connectivity index (χ4v) is 2.01. The molecule has 0 unspecified atom stereocenters. The number of benzene rings is 1. The van der Waals surface area contributed by atoms with Gasteiger partial charge in [0.15, 0.2) is 0 Å². The van der Waals surface area contributed by atoms with Crippen molar-refractivity contribution >= 4 is 5.69 Å². The van der Waals surface area contributed by atoms with E-state index < -0.39 is 0 Å². The van der Waals surface area contributed by atoms with Gasteiger partial charge in [-0.3, -0.25) is 0 Å². The Bertz CT molecular complexity index is 431. The normalized spacial score (nSPS) is 17.6. The van der Waals surface area contributed by atoms with Gasteiger partial charge in [-0.25, -0.2) is 0 Å². The molecule has 0 atom stereocenters. The number of hydrogen-bond donors (Lipinski definition) is 1. The van der Waals surface area contributed by atoms with Gasteiger partial charge in [-0.2, -0.15) is 5.26 Å². The van der Waals surface area contributed by atoms with Crippen LogP contribution >= 0.6 is 0 Å². The first-order valence-electron chi connectivity index (χ1n) is 5.84. The van der Waals surface area contributed by atoms with Gasteiger partial charge in [-0.05, 0) is 32.0 Å². The number of nitrogens with zero attached hydrogens (tertiary/aromatic N) is 2. The molecule has 1 heterocycles. The van der Waals surface area contributed by atoms with E-state index in [4.69, 9.17) is 15.7 Å². The summed E-state index contributed by atoms with van der Waals surface area (Å²) in [5.41, 5.74) is 6.90. The van der Waals surface area contributed by atoms with Crippen LogP contribution in [0.1, 0.15) is 18.4 Å². The first kappa shape index (κ1) is 11.7. The van der Waals surface area contributed by atoms with Crippen molar-refractivity contribution in [2.45, 2.75) is 18.9 Å². The van der Waals surface area contributed by atoms with Crippen LogP contribution < -0.4 is 10.5 Å². The second-order valence-electron chi connectivity index (χ2n) is 4.49. The third-order valence-electron chi connectivity index (χ3n) is 3.09. The largest absolute Gasteiger partial charge is 0.489 e. The van der Waals surface area contributed by atoms with Crippen LogP contribution in [0, 0.1) is 11.3 Å². The lowest BCUT2D eigenvalue weighted by molar-refractivity contribution is 0.114. The molecular formula is C13H17N3O. The van der Waals surface area contributed by atoms with Crippen LogP contribution in [0.15, 0.2) is 18.2 Å². The Morgan fingerprint density at radius 3 is 2.76 bits per heavy atom. The van der Waals surface area contributed by atoms with Crippen molar-refractivity contribution in [3.63, 3.8) is 0 Å². The minimum atomic E-state index is 0.195.